The number of nitrogens with two attached hydrogens (primary N) is 1. The number of nitrogens with zero attached hydrogens (tertiary/aromatic N) is 1. The number of benzene rings is 3. The first kappa shape index (κ1) is 28.5. The summed E-state index contributed by atoms with van der Waals surface area (Å²) in [5.41, 5.74) is 7.55. The van der Waals surface area contributed by atoms with Crippen LogP contribution in [0.5, 0.6) is 11.5 Å². The van der Waals surface area contributed by atoms with Gasteiger partial charge in [0.05, 0.1) is 25.9 Å². The Morgan fingerprint density at radius 1 is 1.24 bits per heavy atom. The highest BCUT2D eigenvalue weighted by molar-refractivity contribution is 14.2. The minimum absolute atomic E-state index is 0.205. The van der Waals surface area contributed by atoms with E-state index in [1.807, 2.05) is 65.5 Å². The Kier molecular flexibility index (Phi) is 10.1. The van der Waals surface area contributed by atoms with Crippen molar-refractivity contribution in [3.05, 3.63) is 64.6 Å². The van der Waals surface area contributed by atoms with Crippen LogP contribution in [-0.2, 0) is 20.9 Å². The molecule has 0 bridgehead atoms. The Labute approximate surface area is 240 Å². The average Bonchev–Trinajstić information content (AvgIpc) is 2.94. The number of alkyl halides is 1. The summed E-state index contributed by atoms with van der Waals surface area (Å²) in [6, 6.07) is 16.5. The molecule has 0 aromatic heterocycles. The average molecular weight is 696 g/mol. The number of ether oxygens (including phenoxy) is 3. The van der Waals surface area contributed by atoms with Crippen molar-refractivity contribution in [1.29, 1.82) is 0 Å². The van der Waals surface area contributed by atoms with Crippen LogP contribution in [0, 0.1) is 0 Å². The number of rotatable bonds is 6. The number of amides is 2. The molecule has 0 aliphatic carbocycles. The molecule has 1 aliphatic heterocycles. The smallest absolute Gasteiger partial charge is 0.250 e. The molecule has 2 unspecified atom stereocenters. The Hall–Kier alpha value is -2.54. The van der Waals surface area contributed by atoms with Gasteiger partial charge in [-0.3, -0.25) is 9.59 Å². The number of anilines is 1. The van der Waals surface area contributed by atoms with Gasteiger partial charge in [-0.1, -0.05) is 64.9 Å². The molecule has 10 heteroatoms. The van der Waals surface area contributed by atoms with Crippen molar-refractivity contribution < 1.29 is 23.8 Å². The molecule has 2 atom stereocenters. The quantitative estimate of drug-likeness (QED) is 0.224. The van der Waals surface area contributed by atoms with E-state index in [1.54, 1.807) is 12.0 Å². The minimum atomic E-state index is -0.823. The standard InChI is InChI=1S/C28H31BrIN3O5/c1-3-30-26(31)27(34)32-22-12-13-37-14-15-38-25-7-5-4-6-23(25)33(28(22)35)17-21-20-10-9-19(29)16-18(20)8-11-24(21)36-2/h3-11,16,22,26H,12-15,17,31H2,1-2H3,(H,32,34). The van der Waals surface area contributed by atoms with Gasteiger partial charge in [0.25, 0.3) is 0 Å². The number of carbonyl (C=O) groups is 2. The number of halogens is 2. The van der Waals surface area contributed by atoms with Crippen LogP contribution in [0.1, 0.15) is 18.9 Å². The molecule has 0 radical (unpaired) electrons. The van der Waals surface area contributed by atoms with Crippen molar-refractivity contribution in [2.75, 3.05) is 31.8 Å². The molecule has 1 heterocycles. The lowest BCUT2D eigenvalue weighted by atomic mass is 10.0. The summed E-state index contributed by atoms with van der Waals surface area (Å²) < 4.78 is 19.7. The number of carbonyl (C=O) groups excluding carboxylic acids is 2. The van der Waals surface area contributed by atoms with Crippen LogP contribution in [-0.4, -0.2) is 52.8 Å². The van der Waals surface area contributed by atoms with Crippen LogP contribution in [0.2, 0.25) is 0 Å². The third kappa shape index (κ3) is 6.71. The molecule has 0 fully saturated rings. The fraction of sp³-hybridized carbons (Fsp3) is 0.321. The van der Waals surface area contributed by atoms with Crippen molar-refractivity contribution in [3.63, 3.8) is 0 Å². The SMILES string of the molecule is CC=IC(N)C(=O)NC1CCOCCOc2ccccc2N(Cc2c(OC)ccc3cc(Br)ccc23)C1=O. The van der Waals surface area contributed by atoms with E-state index < -0.39 is 30.8 Å². The predicted molar refractivity (Wildman–Crippen MR) is 162 cm³/mol. The van der Waals surface area contributed by atoms with Gasteiger partial charge in [-0.25, -0.2) is 0 Å². The number of nitrogens with one attached hydrogen (secondary N) is 1. The Morgan fingerprint density at radius 2 is 2.05 bits per heavy atom. The first-order valence-corrected chi connectivity index (χ1v) is 15.5. The molecule has 3 aromatic carbocycles. The van der Waals surface area contributed by atoms with E-state index in [0.29, 0.717) is 43.4 Å². The second-order valence-electron chi connectivity index (χ2n) is 8.56. The van der Waals surface area contributed by atoms with Crippen LogP contribution in [0.3, 0.4) is 0 Å². The molecule has 8 nitrogen and oxygen atoms in total. The van der Waals surface area contributed by atoms with Gasteiger partial charge in [0, 0.05) is 16.6 Å². The summed E-state index contributed by atoms with van der Waals surface area (Å²) in [5.74, 6) is 0.610. The van der Waals surface area contributed by atoms with Gasteiger partial charge in [-0.05, 0) is 54.4 Å². The number of hydrogen-bond acceptors (Lipinski definition) is 6. The van der Waals surface area contributed by atoms with Gasteiger partial charge in [0.15, 0.2) is 0 Å². The predicted octanol–water partition coefficient (Wildman–Crippen LogP) is 4.51. The number of methoxy groups -OCH3 is 1. The second kappa shape index (κ2) is 13.5. The van der Waals surface area contributed by atoms with Crippen molar-refractivity contribution >= 4 is 68.9 Å². The van der Waals surface area contributed by atoms with Crippen LogP contribution < -0.4 is 25.4 Å². The van der Waals surface area contributed by atoms with Crippen molar-refractivity contribution in [3.8, 4) is 11.5 Å². The second-order valence-corrected chi connectivity index (χ2v) is 12.8. The third-order valence-electron chi connectivity index (χ3n) is 6.17. The first-order chi connectivity index (χ1) is 18.4. The molecule has 3 aromatic rings. The van der Waals surface area contributed by atoms with Gasteiger partial charge in [0.2, 0.25) is 11.8 Å². The maximum atomic E-state index is 14.3. The Bertz CT molecular complexity index is 1340. The van der Waals surface area contributed by atoms with E-state index in [-0.39, 0.29) is 18.4 Å². The fourth-order valence-electron chi connectivity index (χ4n) is 4.35. The van der Waals surface area contributed by atoms with E-state index in [2.05, 4.69) is 21.2 Å². The summed E-state index contributed by atoms with van der Waals surface area (Å²) >= 11 is 2.92. The zero-order valence-corrected chi connectivity index (χ0v) is 25.0. The summed E-state index contributed by atoms with van der Waals surface area (Å²) in [7, 11) is 1.62. The molecule has 0 saturated carbocycles. The van der Waals surface area contributed by atoms with Gasteiger partial charge in [-0.15, -0.1) is 0 Å². The van der Waals surface area contributed by atoms with Crippen molar-refractivity contribution in [1.82, 2.24) is 5.32 Å². The summed E-state index contributed by atoms with van der Waals surface area (Å²) in [6.07, 6.45) is 0.309. The monoisotopic (exact) mass is 695 g/mol. The number of fused-ring (bicyclic) bond motifs is 2. The highest BCUT2D eigenvalue weighted by atomic mass is 127. The van der Waals surface area contributed by atoms with Crippen LogP contribution in [0.15, 0.2) is 59.1 Å². The van der Waals surface area contributed by atoms with Crippen molar-refractivity contribution in [2.45, 2.75) is 30.0 Å². The molecule has 38 heavy (non-hydrogen) atoms. The summed E-state index contributed by atoms with van der Waals surface area (Å²) in [6.45, 7) is 3.09. The molecule has 0 spiro atoms. The molecule has 0 saturated heterocycles. The fourth-order valence-corrected chi connectivity index (χ4v) is 6.01. The highest BCUT2D eigenvalue weighted by Gasteiger charge is 2.31. The summed E-state index contributed by atoms with van der Waals surface area (Å²) in [4.78, 5) is 28.8. The Balaban J connectivity index is 1.81. The summed E-state index contributed by atoms with van der Waals surface area (Å²) in [5, 5.41) is 4.87. The largest absolute Gasteiger partial charge is 0.496 e. The van der Waals surface area contributed by atoms with Gasteiger partial charge in [-0.2, -0.15) is 0 Å². The zero-order chi connectivity index (χ0) is 27.1. The molecule has 1 aliphatic rings. The van der Waals surface area contributed by atoms with Crippen LogP contribution in [0.4, 0.5) is 5.69 Å². The molecule has 4 rings (SSSR count). The zero-order valence-electron chi connectivity index (χ0n) is 21.3. The maximum Gasteiger partial charge on any atom is 0.250 e. The first-order valence-electron chi connectivity index (χ1n) is 12.2. The highest BCUT2D eigenvalue weighted by Crippen LogP contribution is 2.35. The molecular weight excluding hydrogens is 665 g/mol. The van der Waals surface area contributed by atoms with Crippen LogP contribution in [0.25, 0.3) is 10.8 Å². The van der Waals surface area contributed by atoms with Gasteiger partial charge < -0.3 is 30.2 Å². The van der Waals surface area contributed by atoms with Gasteiger partial charge >= 0.3 is 0 Å². The molecule has 2 amide bonds. The maximum absolute atomic E-state index is 14.3. The lowest BCUT2D eigenvalue weighted by molar-refractivity contribution is -0.127. The van der Waals surface area contributed by atoms with Crippen molar-refractivity contribution in [2.24, 2.45) is 5.73 Å². The van der Waals surface area contributed by atoms with Gasteiger partial charge in [0.1, 0.15) is 28.2 Å². The molecule has 3 N–H and O–H groups in total. The van der Waals surface area contributed by atoms with E-state index >= 15 is 0 Å². The van der Waals surface area contributed by atoms with E-state index in [0.717, 1.165) is 20.8 Å². The van der Waals surface area contributed by atoms with Crippen LogP contribution >= 0.6 is 36.7 Å². The topological polar surface area (TPSA) is 103 Å². The minimum Gasteiger partial charge on any atom is -0.496 e. The van der Waals surface area contributed by atoms with E-state index in [9.17, 15) is 9.59 Å². The number of para-hydroxylation sites is 2. The normalized spacial score (nSPS) is 17.6. The van der Waals surface area contributed by atoms with E-state index in [4.69, 9.17) is 19.9 Å². The lowest BCUT2D eigenvalue weighted by Gasteiger charge is -2.30. The Morgan fingerprint density at radius 3 is 2.84 bits per heavy atom. The molecule has 202 valence electrons. The molecular formula is C28H31BrIN3O5. The number of hydrogen-bond donors (Lipinski definition) is 2. The lowest BCUT2D eigenvalue weighted by Crippen LogP contribution is -2.52. The third-order valence-corrected chi connectivity index (χ3v) is 8.72. The van der Waals surface area contributed by atoms with E-state index in [1.165, 1.54) is 0 Å².